The second-order valence-corrected chi connectivity index (χ2v) is 19.8. The van der Waals surface area contributed by atoms with Crippen molar-refractivity contribution in [2.75, 3.05) is 40.3 Å². The van der Waals surface area contributed by atoms with E-state index in [0.717, 1.165) is 71.1 Å². The molecule has 5 aliphatic carbocycles. The van der Waals surface area contributed by atoms with Crippen molar-refractivity contribution in [3.05, 3.63) is 0 Å². The molecule has 13 atom stereocenters. The van der Waals surface area contributed by atoms with Gasteiger partial charge in [0, 0.05) is 44.1 Å². The number of amides is 2. The van der Waals surface area contributed by atoms with Crippen molar-refractivity contribution < 1.29 is 28.9 Å². The number of fused-ring (bicyclic) bond motifs is 4. The van der Waals surface area contributed by atoms with Crippen LogP contribution in [0.25, 0.3) is 0 Å². The van der Waals surface area contributed by atoms with E-state index in [4.69, 9.17) is 14.2 Å². The monoisotopic (exact) mass is 683 g/mol. The zero-order valence-electron chi connectivity index (χ0n) is 31.9. The molecule has 8 aliphatic rings. The maximum absolute atomic E-state index is 13.3. The molecule has 2 amide bonds. The minimum atomic E-state index is -0.547. The van der Waals surface area contributed by atoms with Crippen molar-refractivity contribution in [3.63, 3.8) is 0 Å². The van der Waals surface area contributed by atoms with Crippen molar-refractivity contribution in [3.8, 4) is 0 Å². The lowest BCUT2D eigenvalue weighted by Gasteiger charge is -2.63. The molecule has 8 rings (SSSR count). The average molecular weight is 684 g/mol. The Morgan fingerprint density at radius 3 is 2.29 bits per heavy atom. The summed E-state index contributed by atoms with van der Waals surface area (Å²) in [6, 6.07) is 0.245. The first-order valence-corrected chi connectivity index (χ1v) is 19.9. The predicted molar refractivity (Wildman–Crippen MR) is 187 cm³/mol. The first-order valence-electron chi connectivity index (χ1n) is 19.9. The Labute approximate surface area is 295 Å². The average Bonchev–Trinajstić information content (AvgIpc) is 3.63. The third kappa shape index (κ3) is 4.52. The van der Waals surface area contributed by atoms with Gasteiger partial charge in [-0.05, 0) is 111 Å². The van der Waals surface area contributed by atoms with Gasteiger partial charge in [0.15, 0.2) is 0 Å². The molecule has 0 aromatic heterocycles. The molecule has 3 heterocycles. The summed E-state index contributed by atoms with van der Waals surface area (Å²) >= 11 is 0. The fourth-order valence-corrected chi connectivity index (χ4v) is 14.3. The lowest BCUT2D eigenvalue weighted by atomic mass is 9.41. The van der Waals surface area contributed by atoms with Crippen molar-refractivity contribution in [1.29, 1.82) is 0 Å². The maximum atomic E-state index is 13.3. The van der Waals surface area contributed by atoms with Crippen molar-refractivity contribution in [2.24, 2.45) is 56.7 Å². The Morgan fingerprint density at radius 1 is 0.980 bits per heavy atom. The molecule has 0 radical (unpaired) electrons. The lowest BCUT2D eigenvalue weighted by molar-refractivity contribution is -0.185. The van der Waals surface area contributed by atoms with E-state index < -0.39 is 6.10 Å². The van der Waals surface area contributed by atoms with Crippen LogP contribution in [0, 0.1) is 56.7 Å². The van der Waals surface area contributed by atoms with Gasteiger partial charge in [0.25, 0.3) is 0 Å². The van der Waals surface area contributed by atoms with Crippen LogP contribution in [0.4, 0.5) is 9.59 Å². The second-order valence-electron chi connectivity index (χ2n) is 19.8. The van der Waals surface area contributed by atoms with Crippen LogP contribution in [0.2, 0.25) is 0 Å². The molecule has 276 valence electrons. The van der Waals surface area contributed by atoms with Gasteiger partial charge in [-0.25, -0.2) is 9.59 Å². The Bertz CT molecular complexity index is 1350. The second kappa shape index (κ2) is 11.2. The fraction of sp³-hybridized carbons (Fsp3) is 0.950. The molecule has 6 unspecified atom stereocenters. The van der Waals surface area contributed by atoms with Crippen LogP contribution < -0.4 is 0 Å². The molecule has 3 aliphatic heterocycles. The van der Waals surface area contributed by atoms with Crippen LogP contribution in [-0.4, -0.2) is 109 Å². The van der Waals surface area contributed by atoms with Gasteiger partial charge < -0.3 is 34.0 Å². The minimum absolute atomic E-state index is 0.0158. The number of carbonyl (C=O) groups excluding carboxylic acids is 2. The summed E-state index contributed by atoms with van der Waals surface area (Å²) in [5.74, 6) is 1.76. The summed E-state index contributed by atoms with van der Waals surface area (Å²) < 4.78 is 19.6. The highest BCUT2D eigenvalue weighted by Gasteiger charge is 2.84. The largest absolute Gasteiger partial charge is 0.446 e. The molecule has 9 heteroatoms. The molecule has 0 bridgehead atoms. The normalized spacial score (nSPS) is 48.8. The van der Waals surface area contributed by atoms with Gasteiger partial charge in [-0.1, -0.05) is 48.5 Å². The highest BCUT2D eigenvalue weighted by Crippen LogP contribution is 2.89. The van der Waals surface area contributed by atoms with E-state index in [0.29, 0.717) is 17.8 Å². The van der Waals surface area contributed by atoms with Crippen molar-refractivity contribution >= 4 is 12.2 Å². The van der Waals surface area contributed by atoms with Crippen LogP contribution in [0.3, 0.4) is 0 Å². The molecule has 49 heavy (non-hydrogen) atoms. The van der Waals surface area contributed by atoms with Gasteiger partial charge in [0.2, 0.25) is 0 Å². The topological polar surface area (TPSA) is 91.8 Å². The van der Waals surface area contributed by atoms with E-state index in [9.17, 15) is 14.7 Å². The molecule has 9 nitrogen and oxygen atoms in total. The van der Waals surface area contributed by atoms with E-state index in [2.05, 4.69) is 60.4 Å². The van der Waals surface area contributed by atoms with Crippen LogP contribution in [0.15, 0.2) is 0 Å². The molecule has 0 aromatic carbocycles. The van der Waals surface area contributed by atoms with Crippen molar-refractivity contribution in [1.82, 2.24) is 14.7 Å². The zero-order valence-corrected chi connectivity index (χ0v) is 31.9. The van der Waals surface area contributed by atoms with Crippen LogP contribution in [0.1, 0.15) is 106 Å². The third-order valence-electron chi connectivity index (χ3n) is 17.3. The van der Waals surface area contributed by atoms with Crippen LogP contribution in [0.5, 0.6) is 0 Å². The molecule has 5 saturated carbocycles. The first-order chi connectivity index (χ1) is 23.0. The number of rotatable bonds is 5. The molecular weight excluding hydrogens is 618 g/mol. The summed E-state index contributed by atoms with van der Waals surface area (Å²) in [4.78, 5) is 32.1. The number of ether oxygens (including phenoxy) is 3. The quantitative estimate of drug-likeness (QED) is 0.358. The standard InChI is InChI=1S/C40H65N3O6/c1-23(2)31(49-35(46)43-17-10-18-43)26-19-24(3)30-32(47-26)33(44)38(7)28-12-11-27-36(4,5)29(48-34(45)42(9)25-20-41(8)21-25)13-14-39(27)22-40(28,39)16-15-37(30,38)6/h23-33,44H,10-22H2,1-9H3/t24-,26?,27+,28?,29+,30?,31-,32?,33+,37-,38-,39?,40?/m1/s1. The number of hydrogen-bond acceptors (Lipinski definition) is 7. The van der Waals surface area contributed by atoms with Gasteiger partial charge in [-0.2, -0.15) is 0 Å². The minimum Gasteiger partial charge on any atom is -0.446 e. The Kier molecular flexibility index (Phi) is 7.89. The van der Waals surface area contributed by atoms with Gasteiger partial charge in [0.1, 0.15) is 12.2 Å². The Balaban J connectivity index is 1.02. The molecule has 1 N–H and O–H groups in total. The van der Waals surface area contributed by atoms with Crippen molar-refractivity contribution in [2.45, 2.75) is 143 Å². The van der Waals surface area contributed by atoms with E-state index in [-0.39, 0.29) is 81.6 Å². The number of likely N-dealkylation sites (tertiary alicyclic amines) is 2. The summed E-state index contributed by atoms with van der Waals surface area (Å²) in [5, 5.41) is 12.7. The van der Waals surface area contributed by atoms with Gasteiger partial charge in [0.05, 0.1) is 24.4 Å². The molecule has 0 aromatic rings. The summed E-state index contributed by atoms with van der Waals surface area (Å²) in [5.41, 5.74) is 0.164. The summed E-state index contributed by atoms with van der Waals surface area (Å²) in [7, 11) is 3.99. The molecular formula is C40H65N3O6. The van der Waals surface area contributed by atoms with E-state index in [1.165, 1.54) is 12.8 Å². The van der Waals surface area contributed by atoms with Gasteiger partial charge in [-0.3, -0.25) is 0 Å². The number of hydrogen-bond donors (Lipinski definition) is 1. The Hall–Kier alpha value is -1.58. The maximum Gasteiger partial charge on any atom is 0.410 e. The lowest BCUT2D eigenvalue weighted by Crippen LogP contribution is -2.61. The van der Waals surface area contributed by atoms with E-state index >= 15 is 0 Å². The smallest absolute Gasteiger partial charge is 0.410 e. The molecule has 2 spiro atoms. The zero-order chi connectivity index (χ0) is 35.1. The number of nitrogens with zero attached hydrogens (tertiary/aromatic N) is 3. The predicted octanol–water partition coefficient (Wildman–Crippen LogP) is 6.42. The summed E-state index contributed by atoms with van der Waals surface area (Å²) in [6.45, 7) is 19.7. The fourth-order valence-electron chi connectivity index (χ4n) is 14.3. The SMILES string of the molecule is CC(C)[C@@H](OC(=O)N1CCC1)C1C[C@@H](C)C2C(O1)[C@H](O)[C@@]1(C)C3CC[C@H]4C(C)(C)[C@@H](OC(=O)N(C)C5CN(C)C5)CCC45CC35CC[C@]21C. The highest BCUT2D eigenvalue weighted by atomic mass is 16.6. The van der Waals surface area contributed by atoms with E-state index in [1.54, 1.807) is 4.90 Å². The first kappa shape index (κ1) is 34.5. The van der Waals surface area contributed by atoms with Gasteiger partial charge >= 0.3 is 12.2 Å². The summed E-state index contributed by atoms with van der Waals surface area (Å²) in [6.07, 6.45) is 8.05. The number of aliphatic hydroxyl groups excluding tert-OH is 1. The highest BCUT2D eigenvalue weighted by molar-refractivity contribution is 5.69. The molecule has 3 saturated heterocycles. The van der Waals surface area contributed by atoms with Crippen LogP contribution in [-0.2, 0) is 14.2 Å². The van der Waals surface area contributed by atoms with Crippen LogP contribution >= 0.6 is 0 Å². The third-order valence-corrected chi connectivity index (χ3v) is 17.3. The van der Waals surface area contributed by atoms with E-state index in [1.807, 2.05) is 11.9 Å². The Morgan fingerprint density at radius 2 is 1.65 bits per heavy atom. The number of aliphatic hydroxyl groups is 1. The number of likely N-dealkylation sites (N-methyl/N-ethyl adjacent to an activating group) is 2. The molecule has 8 fully saturated rings. The number of carbonyl (C=O) groups is 2. The van der Waals surface area contributed by atoms with Gasteiger partial charge in [-0.15, -0.1) is 0 Å².